The Morgan fingerprint density at radius 2 is 2.04 bits per heavy atom. The van der Waals surface area contributed by atoms with Crippen molar-refractivity contribution in [3.05, 3.63) is 70.4 Å². The number of ether oxygens (including phenoxy) is 3. The Bertz CT molecular complexity index is 880. The summed E-state index contributed by atoms with van der Waals surface area (Å²) in [5, 5.41) is 0. The second kappa shape index (κ2) is 7.39. The zero-order valence-electron chi connectivity index (χ0n) is 15.7. The topological polar surface area (TPSA) is 61.8 Å². The van der Waals surface area contributed by atoms with Crippen LogP contribution in [0.1, 0.15) is 27.2 Å². The normalized spacial score (nSPS) is 21.9. The first-order chi connectivity index (χ1) is 12.8. The lowest BCUT2D eigenvalue weighted by Gasteiger charge is -2.26. The molecule has 3 aliphatic rings. The van der Waals surface area contributed by atoms with Crippen LogP contribution in [0.25, 0.3) is 0 Å². The molecule has 3 rings (SSSR count). The van der Waals surface area contributed by atoms with Gasteiger partial charge in [0.05, 0.1) is 25.2 Å². The zero-order valence-corrected chi connectivity index (χ0v) is 15.7. The molecule has 1 atom stereocenters. The number of fused-ring (bicyclic) bond motifs is 2. The van der Waals surface area contributed by atoms with Gasteiger partial charge in [0.2, 0.25) is 5.78 Å². The number of ketones is 2. The van der Waals surface area contributed by atoms with Crippen LogP contribution in [0.3, 0.4) is 0 Å². The van der Waals surface area contributed by atoms with Crippen LogP contribution in [0.15, 0.2) is 70.4 Å². The molecule has 2 aliphatic carbocycles. The third-order valence-corrected chi connectivity index (χ3v) is 4.41. The van der Waals surface area contributed by atoms with Gasteiger partial charge < -0.3 is 14.2 Å². The Morgan fingerprint density at radius 3 is 2.70 bits per heavy atom. The highest BCUT2D eigenvalue weighted by Crippen LogP contribution is 2.34. The van der Waals surface area contributed by atoms with E-state index >= 15 is 0 Å². The quantitative estimate of drug-likeness (QED) is 0.747. The molecule has 6 heteroatoms. The number of halogens is 1. The summed E-state index contributed by atoms with van der Waals surface area (Å²) in [7, 11) is 1.33. The summed E-state index contributed by atoms with van der Waals surface area (Å²) in [5.74, 6) is -0.965. The fourth-order valence-corrected chi connectivity index (χ4v) is 2.98. The second-order valence-corrected chi connectivity index (χ2v) is 6.95. The minimum Gasteiger partial charge on any atom is -0.492 e. The number of allylic oxidation sites excluding steroid dienone is 6. The minimum atomic E-state index is -0.976. The summed E-state index contributed by atoms with van der Waals surface area (Å²) in [5.41, 5.74) is 1.16. The molecule has 1 heterocycles. The summed E-state index contributed by atoms with van der Waals surface area (Å²) in [6, 6.07) is 0. The third-order valence-electron chi connectivity index (χ3n) is 4.41. The molecule has 27 heavy (non-hydrogen) atoms. The molecule has 0 fully saturated rings. The fraction of sp³-hybridized carbons (Fsp3) is 0.333. The highest BCUT2D eigenvalue weighted by Gasteiger charge is 2.34. The molecule has 0 bridgehead atoms. The SMILES string of the molecule is COC1=C(C(=O)CC(C)C)C=C2OC=C3C=CC(C)=C(F)C3OC=C2C1=O. The van der Waals surface area contributed by atoms with Gasteiger partial charge in [-0.1, -0.05) is 26.0 Å². The van der Waals surface area contributed by atoms with Gasteiger partial charge in [-0.05, 0) is 24.5 Å². The van der Waals surface area contributed by atoms with Gasteiger partial charge in [-0.3, -0.25) is 9.59 Å². The van der Waals surface area contributed by atoms with Crippen molar-refractivity contribution in [2.24, 2.45) is 5.92 Å². The maximum Gasteiger partial charge on any atom is 0.235 e. The predicted molar refractivity (Wildman–Crippen MR) is 96.7 cm³/mol. The number of methoxy groups -OCH3 is 1. The summed E-state index contributed by atoms with van der Waals surface area (Å²) in [6.07, 6.45) is 6.59. The highest BCUT2D eigenvalue weighted by molar-refractivity contribution is 6.17. The van der Waals surface area contributed by atoms with Gasteiger partial charge in [0.25, 0.3) is 0 Å². The van der Waals surface area contributed by atoms with Crippen LogP contribution in [-0.2, 0) is 23.8 Å². The summed E-state index contributed by atoms with van der Waals surface area (Å²) >= 11 is 0. The number of hydrogen-bond donors (Lipinski definition) is 0. The van der Waals surface area contributed by atoms with E-state index in [1.165, 1.54) is 25.7 Å². The molecule has 0 aromatic heterocycles. The van der Waals surface area contributed by atoms with Crippen molar-refractivity contribution in [2.45, 2.75) is 33.3 Å². The number of Topliss-reactive ketones (excluding diaryl/α,β-unsaturated/α-hetero) is 2. The molecule has 5 nitrogen and oxygen atoms in total. The first-order valence-electron chi connectivity index (χ1n) is 8.68. The van der Waals surface area contributed by atoms with E-state index in [2.05, 4.69) is 0 Å². The molecule has 0 saturated carbocycles. The third kappa shape index (κ3) is 3.52. The lowest BCUT2D eigenvalue weighted by molar-refractivity contribution is -0.119. The Kier molecular flexibility index (Phi) is 5.17. The Hall–Kier alpha value is -2.89. The first-order valence-corrected chi connectivity index (χ1v) is 8.68. The molecule has 0 amide bonds. The Morgan fingerprint density at radius 1 is 1.30 bits per heavy atom. The second-order valence-electron chi connectivity index (χ2n) is 6.95. The average molecular weight is 372 g/mol. The van der Waals surface area contributed by atoms with Crippen molar-refractivity contribution in [1.29, 1.82) is 0 Å². The van der Waals surface area contributed by atoms with E-state index in [4.69, 9.17) is 14.2 Å². The van der Waals surface area contributed by atoms with Gasteiger partial charge in [0.1, 0.15) is 17.2 Å². The number of rotatable bonds is 4. The van der Waals surface area contributed by atoms with E-state index in [0.29, 0.717) is 11.1 Å². The molecule has 0 saturated heterocycles. The Balaban J connectivity index is 2.02. The molecule has 0 N–H and O–H groups in total. The lowest BCUT2D eigenvalue weighted by Crippen LogP contribution is -2.24. The molecule has 0 radical (unpaired) electrons. The molecule has 0 aromatic rings. The van der Waals surface area contributed by atoms with Crippen LogP contribution in [0, 0.1) is 5.92 Å². The van der Waals surface area contributed by atoms with Gasteiger partial charge in [0.15, 0.2) is 17.6 Å². The van der Waals surface area contributed by atoms with E-state index in [9.17, 15) is 14.0 Å². The largest absolute Gasteiger partial charge is 0.492 e. The molecule has 1 unspecified atom stereocenters. The number of carbonyl (C=O) groups is 2. The van der Waals surface area contributed by atoms with Gasteiger partial charge in [-0.2, -0.15) is 0 Å². The van der Waals surface area contributed by atoms with Gasteiger partial charge in [-0.25, -0.2) is 4.39 Å². The van der Waals surface area contributed by atoms with E-state index in [0.717, 1.165) is 0 Å². The van der Waals surface area contributed by atoms with E-state index in [1.807, 2.05) is 13.8 Å². The maximum absolute atomic E-state index is 14.4. The average Bonchev–Trinajstić information content (AvgIpc) is 2.59. The molecule has 0 spiro atoms. The van der Waals surface area contributed by atoms with Crippen LogP contribution >= 0.6 is 0 Å². The lowest BCUT2D eigenvalue weighted by atomic mass is 9.91. The smallest absolute Gasteiger partial charge is 0.235 e. The molecular formula is C21H21FO5. The Labute approximate surface area is 157 Å². The van der Waals surface area contributed by atoms with Gasteiger partial charge >= 0.3 is 0 Å². The van der Waals surface area contributed by atoms with Crippen molar-refractivity contribution in [2.75, 3.05) is 7.11 Å². The predicted octanol–water partition coefficient (Wildman–Crippen LogP) is 3.97. The summed E-state index contributed by atoms with van der Waals surface area (Å²) in [6.45, 7) is 5.46. The monoisotopic (exact) mass is 372 g/mol. The van der Waals surface area contributed by atoms with Crippen LogP contribution in [0.2, 0.25) is 0 Å². The number of carbonyl (C=O) groups excluding carboxylic acids is 2. The molecule has 142 valence electrons. The van der Waals surface area contributed by atoms with Crippen molar-refractivity contribution >= 4 is 11.6 Å². The van der Waals surface area contributed by atoms with Crippen molar-refractivity contribution < 1.29 is 28.2 Å². The number of hydrogen-bond acceptors (Lipinski definition) is 5. The zero-order chi connectivity index (χ0) is 19.7. The first kappa shape index (κ1) is 18.9. The van der Waals surface area contributed by atoms with Crippen molar-refractivity contribution in [3.8, 4) is 0 Å². The van der Waals surface area contributed by atoms with Crippen molar-refractivity contribution in [3.63, 3.8) is 0 Å². The summed E-state index contributed by atoms with van der Waals surface area (Å²) < 4.78 is 30.7. The minimum absolute atomic E-state index is 0.0663. The van der Waals surface area contributed by atoms with E-state index < -0.39 is 17.7 Å². The van der Waals surface area contributed by atoms with Crippen LogP contribution in [0.4, 0.5) is 4.39 Å². The van der Waals surface area contributed by atoms with E-state index in [-0.39, 0.29) is 40.8 Å². The summed E-state index contributed by atoms with van der Waals surface area (Å²) in [4.78, 5) is 25.4. The van der Waals surface area contributed by atoms with E-state index in [1.54, 1.807) is 19.1 Å². The fourth-order valence-electron chi connectivity index (χ4n) is 2.98. The van der Waals surface area contributed by atoms with Gasteiger partial charge in [-0.15, -0.1) is 0 Å². The molecule has 0 aromatic carbocycles. The van der Waals surface area contributed by atoms with Crippen LogP contribution < -0.4 is 0 Å². The highest BCUT2D eigenvalue weighted by atomic mass is 19.1. The molecular weight excluding hydrogens is 351 g/mol. The molecule has 1 aliphatic heterocycles. The standard InChI is InChI=1S/C21H21FO5/c1-11(2)7-16(23)14-8-17-15(19(24)21(14)25-4)10-27-20-13(9-26-17)6-5-12(3)18(20)22/h5-6,8-11,20H,7H2,1-4H3. The van der Waals surface area contributed by atoms with Gasteiger partial charge in [0, 0.05) is 12.0 Å². The van der Waals surface area contributed by atoms with Crippen molar-refractivity contribution in [1.82, 2.24) is 0 Å². The van der Waals surface area contributed by atoms with Crippen LogP contribution in [-0.4, -0.2) is 24.8 Å². The van der Waals surface area contributed by atoms with Crippen LogP contribution in [0.5, 0.6) is 0 Å². The maximum atomic E-state index is 14.4.